The molecule has 13 heavy (non-hydrogen) atoms. The average Bonchev–Trinajstić information content (AvgIpc) is 1.78. The maximum Gasteiger partial charge on any atom is 0.132 e. The first-order chi connectivity index (χ1) is 5.82. The van der Waals surface area contributed by atoms with E-state index in [0.29, 0.717) is 4.47 Å². The van der Waals surface area contributed by atoms with Crippen LogP contribution in [0, 0.1) is 11.6 Å². The van der Waals surface area contributed by atoms with Crippen molar-refractivity contribution >= 4 is 15.9 Å². The Balaban J connectivity index is 3.38. The second kappa shape index (κ2) is 3.35. The van der Waals surface area contributed by atoms with Gasteiger partial charge in [0, 0.05) is 15.6 Å². The van der Waals surface area contributed by atoms with E-state index < -0.39 is 17.2 Å². The predicted molar refractivity (Wildman–Crippen MR) is 51.3 cm³/mol. The Labute approximate surface area is 84.1 Å². The smallest absolute Gasteiger partial charge is 0.132 e. The molecular formula is C9H10BrF2N. The molecule has 0 saturated carbocycles. The van der Waals surface area contributed by atoms with Crippen molar-refractivity contribution in [3.05, 3.63) is 33.8 Å². The maximum atomic E-state index is 13.3. The summed E-state index contributed by atoms with van der Waals surface area (Å²) in [6.45, 7) is 3.12. The van der Waals surface area contributed by atoms with Gasteiger partial charge < -0.3 is 5.73 Å². The first kappa shape index (κ1) is 10.6. The molecule has 2 N–H and O–H groups in total. The van der Waals surface area contributed by atoms with E-state index in [-0.39, 0.29) is 5.56 Å². The highest BCUT2D eigenvalue weighted by atomic mass is 79.9. The normalized spacial score (nSPS) is 11.8. The summed E-state index contributed by atoms with van der Waals surface area (Å²) in [5.41, 5.74) is 4.52. The fourth-order valence-corrected chi connectivity index (χ4v) is 1.56. The van der Waals surface area contributed by atoms with Gasteiger partial charge in [0.05, 0.1) is 0 Å². The maximum absolute atomic E-state index is 13.3. The fourth-order valence-electron chi connectivity index (χ4n) is 1.16. The molecule has 0 fully saturated rings. The van der Waals surface area contributed by atoms with Crippen molar-refractivity contribution in [2.24, 2.45) is 5.73 Å². The van der Waals surface area contributed by atoms with Gasteiger partial charge in [-0.15, -0.1) is 0 Å². The second-order valence-electron chi connectivity index (χ2n) is 3.47. The van der Waals surface area contributed by atoms with E-state index in [4.69, 9.17) is 5.73 Å². The first-order valence-electron chi connectivity index (χ1n) is 3.76. The van der Waals surface area contributed by atoms with E-state index >= 15 is 0 Å². The summed E-state index contributed by atoms with van der Waals surface area (Å²) in [5.74, 6) is -1.25. The third-order valence-electron chi connectivity index (χ3n) is 1.65. The van der Waals surface area contributed by atoms with Gasteiger partial charge in [-0.1, -0.05) is 15.9 Å². The van der Waals surface area contributed by atoms with Gasteiger partial charge in [0.2, 0.25) is 0 Å². The van der Waals surface area contributed by atoms with Gasteiger partial charge in [0.15, 0.2) is 0 Å². The molecule has 0 aliphatic carbocycles. The lowest BCUT2D eigenvalue weighted by Crippen LogP contribution is -2.31. The van der Waals surface area contributed by atoms with Crippen LogP contribution >= 0.6 is 15.9 Å². The molecule has 72 valence electrons. The molecule has 0 amide bonds. The van der Waals surface area contributed by atoms with Gasteiger partial charge in [-0.2, -0.15) is 0 Å². The Morgan fingerprint density at radius 2 is 1.62 bits per heavy atom. The molecule has 1 nitrogen and oxygen atoms in total. The Bertz CT molecular complexity index is 308. The second-order valence-corrected chi connectivity index (χ2v) is 4.38. The average molecular weight is 250 g/mol. The third-order valence-corrected chi connectivity index (χ3v) is 2.11. The van der Waals surface area contributed by atoms with Gasteiger partial charge in [-0.3, -0.25) is 0 Å². The van der Waals surface area contributed by atoms with Crippen LogP contribution < -0.4 is 5.73 Å². The van der Waals surface area contributed by atoms with Crippen molar-refractivity contribution in [2.75, 3.05) is 0 Å². The van der Waals surface area contributed by atoms with Crippen LogP contribution in [0.15, 0.2) is 16.6 Å². The minimum Gasteiger partial charge on any atom is -0.322 e. The highest BCUT2D eigenvalue weighted by Gasteiger charge is 2.23. The van der Waals surface area contributed by atoms with E-state index in [2.05, 4.69) is 15.9 Å². The largest absolute Gasteiger partial charge is 0.322 e. The van der Waals surface area contributed by atoms with Crippen LogP contribution in [0.25, 0.3) is 0 Å². The zero-order valence-electron chi connectivity index (χ0n) is 7.37. The molecular weight excluding hydrogens is 240 g/mol. The number of halogens is 3. The van der Waals surface area contributed by atoms with Gasteiger partial charge in [-0.05, 0) is 26.0 Å². The molecule has 0 unspecified atom stereocenters. The van der Waals surface area contributed by atoms with Gasteiger partial charge >= 0.3 is 0 Å². The van der Waals surface area contributed by atoms with E-state index in [1.807, 2.05) is 0 Å². The summed E-state index contributed by atoms with van der Waals surface area (Å²) in [5, 5.41) is 0. The number of hydrogen-bond donors (Lipinski definition) is 1. The fraction of sp³-hybridized carbons (Fsp3) is 0.333. The quantitative estimate of drug-likeness (QED) is 0.814. The summed E-state index contributed by atoms with van der Waals surface area (Å²) in [6, 6.07) is 2.40. The van der Waals surface area contributed by atoms with Crippen molar-refractivity contribution in [1.82, 2.24) is 0 Å². The zero-order chi connectivity index (χ0) is 10.2. The highest BCUT2D eigenvalue weighted by molar-refractivity contribution is 9.10. The summed E-state index contributed by atoms with van der Waals surface area (Å²) < 4.78 is 26.9. The molecule has 0 aliphatic rings. The molecule has 0 spiro atoms. The minimum atomic E-state index is -1.01. The molecule has 4 heteroatoms. The Hall–Kier alpha value is -0.480. The monoisotopic (exact) mass is 249 g/mol. The Morgan fingerprint density at radius 3 is 1.92 bits per heavy atom. The topological polar surface area (TPSA) is 26.0 Å². The van der Waals surface area contributed by atoms with Crippen molar-refractivity contribution in [3.63, 3.8) is 0 Å². The van der Waals surface area contributed by atoms with Crippen LogP contribution in [-0.4, -0.2) is 0 Å². The summed E-state index contributed by atoms with van der Waals surface area (Å²) in [6.07, 6.45) is 0. The predicted octanol–water partition coefficient (Wildman–Crippen LogP) is 2.92. The molecule has 1 aromatic carbocycles. The summed E-state index contributed by atoms with van der Waals surface area (Å²) in [4.78, 5) is 0. The van der Waals surface area contributed by atoms with Crippen LogP contribution in [0.3, 0.4) is 0 Å². The Morgan fingerprint density at radius 1 is 1.23 bits per heavy atom. The molecule has 0 radical (unpaired) electrons. The van der Waals surface area contributed by atoms with E-state index in [0.717, 1.165) is 0 Å². The number of hydrogen-bond acceptors (Lipinski definition) is 1. The van der Waals surface area contributed by atoms with Crippen LogP contribution in [-0.2, 0) is 5.54 Å². The van der Waals surface area contributed by atoms with Crippen LogP contribution in [0.4, 0.5) is 8.78 Å². The molecule has 0 heterocycles. The highest BCUT2D eigenvalue weighted by Crippen LogP contribution is 2.26. The molecule has 0 bridgehead atoms. The van der Waals surface area contributed by atoms with Crippen LogP contribution in [0.2, 0.25) is 0 Å². The summed E-state index contributed by atoms with van der Waals surface area (Å²) >= 11 is 2.99. The number of benzene rings is 1. The molecule has 1 aromatic rings. The lowest BCUT2D eigenvalue weighted by molar-refractivity contribution is 0.458. The SMILES string of the molecule is CC(C)(N)c1c(F)cc(Br)cc1F. The van der Waals surface area contributed by atoms with Gasteiger partial charge in [-0.25, -0.2) is 8.78 Å². The Kier molecular flexibility index (Phi) is 2.73. The van der Waals surface area contributed by atoms with Crippen molar-refractivity contribution < 1.29 is 8.78 Å². The van der Waals surface area contributed by atoms with Crippen LogP contribution in [0.5, 0.6) is 0 Å². The molecule has 0 aliphatic heterocycles. The molecule has 0 atom stereocenters. The van der Waals surface area contributed by atoms with Crippen LogP contribution in [0.1, 0.15) is 19.4 Å². The van der Waals surface area contributed by atoms with E-state index in [1.165, 1.54) is 12.1 Å². The molecule has 0 aromatic heterocycles. The van der Waals surface area contributed by atoms with Gasteiger partial charge in [0.1, 0.15) is 11.6 Å². The third kappa shape index (κ3) is 2.25. The van der Waals surface area contributed by atoms with Crippen molar-refractivity contribution in [2.45, 2.75) is 19.4 Å². The van der Waals surface area contributed by atoms with Gasteiger partial charge in [0.25, 0.3) is 0 Å². The number of nitrogens with two attached hydrogens (primary N) is 1. The summed E-state index contributed by atoms with van der Waals surface area (Å²) in [7, 11) is 0. The zero-order valence-corrected chi connectivity index (χ0v) is 8.95. The van der Waals surface area contributed by atoms with E-state index in [9.17, 15) is 8.78 Å². The standard InChI is InChI=1S/C9H10BrF2N/c1-9(2,13)8-6(11)3-5(10)4-7(8)12/h3-4H,13H2,1-2H3. The lowest BCUT2D eigenvalue weighted by atomic mass is 9.94. The first-order valence-corrected chi connectivity index (χ1v) is 4.55. The van der Waals surface area contributed by atoms with Crippen molar-refractivity contribution in [1.29, 1.82) is 0 Å². The molecule has 1 rings (SSSR count). The lowest BCUT2D eigenvalue weighted by Gasteiger charge is -2.20. The minimum absolute atomic E-state index is 0.0873. The van der Waals surface area contributed by atoms with E-state index in [1.54, 1.807) is 13.8 Å². The van der Waals surface area contributed by atoms with Crippen molar-refractivity contribution in [3.8, 4) is 0 Å². The number of rotatable bonds is 1. The molecule has 0 saturated heterocycles.